The third kappa shape index (κ3) is 4.39. The molecule has 0 bridgehead atoms. The predicted octanol–water partition coefficient (Wildman–Crippen LogP) is 2.27. The van der Waals surface area contributed by atoms with Crippen molar-refractivity contribution >= 4 is 23.4 Å². The molecule has 1 N–H and O–H groups in total. The molecule has 0 atom stereocenters. The summed E-state index contributed by atoms with van der Waals surface area (Å²) in [5, 5.41) is 3.50. The molecule has 0 aromatic heterocycles. The number of nitrogens with one attached hydrogen (secondary N) is 1. The molecular weight excluding hydrogens is 190 g/mol. The van der Waals surface area contributed by atoms with E-state index in [0.717, 1.165) is 12.6 Å². The summed E-state index contributed by atoms with van der Waals surface area (Å²) >= 11 is 7.57. The summed E-state index contributed by atoms with van der Waals surface area (Å²) < 4.78 is 0. The van der Waals surface area contributed by atoms with Crippen molar-refractivity contribution in [2.75, 3.05) is 23.9 Å². The van der Waals surface area contributed by atoms with Crippen LogP contribution in [0.4, 0.5) is 0 Å². The number of thioether (sulfide) groups is 1. The van der Waals surface area contributed by atoms with E-state index in [9.17, 15) is 0 Å². The molecular formula is C9H16ClNS. The lowest BCUT2D eigenvalue weighted by Gasteiger charge is -2.21. The fourth-order valence-electron chi connectivity index (χ4n) is 1.28. The van der Waals surface area contributed by atoms with Gasteiger partial charge in [0.15, 0.2) is 0 Å². The number of alkyl halides is 1. The van der Waals surface area contributed by atoms with Gasteiger partial charge in [0.2, 0.25) is 0 Å². The second kappa shape index (κ2) is 6.81. The molecule has 1 rings (SSSR count). The van der Waals surface area contributed by atoms with E-state index in [1.54, 1.807) is 0 Å². The first-order chi connectivity index (χ1) is 5.93. The van der Waals surface area contributed by atoms with Crippen molar-refractivity contribution in [2.24, 2.45) is 0 Å². The van der Waals surface area contributed by atoms with Crippen molar-refractivity contribution in [3.8, 4) is 0 Å². The van der Waals surface area contributed by atoms with Gasteiger partial charge in [-0.15, -0.1) is 11.6 Å². The fraction of sp³-hybridized carbons (Fsp3) is 0.778. The Hall–Kier alpha value is 0.340. The van der Waals surface area contributed by atoms with Crippen molar-refractivity contribution < 1.29 is 0 Å². The average molecular weight is 206 g/mol. The first kappa shape index (κ1) is 10.4. The molecule has 1 nitrogen and oxygen atoms in total. The number of hydrogen-bond acceptors (Lipinski definition) is 2. The first-order valence-electron chi connectivity index (χ1n) is 4.45. The van der Waals surface area contributed by atoms with Gasteiger partial charge >= 0.3 is 0 Å². The van der Waals surface area contributed by atoms with Crippen LogP contribution in [0.2, 0.25) is 0 Å². The summed E-state index contributed by atoms with van der Waals surface area (Å²) in [6, 6.07) is 0.742. The van der Waals surface area contributed by atoms with E-state index < -0.39 is 0 Å². The van der Waals surface area contributed by atoms with Crippen LogP contribution in [-0.2, 0) is 0 Å². The zero-order chi connectivity index (χ0) is 8.65. The van der Waals surface area contributed by atoms with Crippen LogP contribution in [0.5, 0.6) is 0 Å². The van der Waals surface area contributed by atoms with Crippen molar-refractivity contribution in [1.29, 1.82) is 0 Å². The summed E-state index contributed by atoms with van der Waals surface area (Å²) in [6.45, 7) is 0.974. The minimum Gasteiger partial charge on any atom is -0.310 e. The fourth-order valence-corrected chi connectivity index (χ4v) is 2.52. The smallest absolute Gasteiger partial charge is 0.0404 e. The van der Waals surface area contributed by atoms with Gasteiger partial charge in [0, 0.05) is 18.5 Å². The maximum atomic E-state index is 5.51. The van der Waals surface area contributed by atoms with Gasteiger partial charge in [0.05, 0.1) is 0 Å². The molecule has 0 radical (unpaired) electrons. The SMILES string of the molecule is ClC/C=C/CNC1CCSCC1. The lowest BCUT2D eigenvalue weighted by Crippen LogP contribution is -2.32. The molecule has 0 aliphatic carbocycles. The number of rotatable bonds is 4. The maximum Gasteiger partial charge on any atom is 0.0404 e. The van der Waals surface area contributed by atoms with Crippen LogP contribution in [0, 0.1) is 0 Å². The average Bonchev–Trinajstić information content (AvgIpc) is 2.14. The highest BCUT2D eigenvalue weighted by Gasteiger charge is 2.11. The van der Waals surface area contributed by atoms with Crippen molar-refractivity contribution in [3.63, 3.8) is 0 Å². The Morgan fingerprint density at radius 3 is 2.75 bits per heavy atom. The number of halogens is 1. The van der Waals surface area contributed by atoms with Gasteiger partial charge in [-0.3, -0.25) is 0 Å². The highest BCUT2D eigenvalue weighted by Crippen LogP contribution is 2.16. The zero-order valence-corrected chi connectivity index (χ0v) is 8.83. The highest BCUT2D eigenvalue weighted by molar-refractivity contribution is 7.99. The Labute approximate surface area is 83.9 Å². The predicted molar refractivity (Wildman–Crippen MR) is 58.2 cm³/mol. The van der Waals surface area contributed by atoms with Crippen molar-refractivity contribution in [3.05, 3.63) is 12.2 Å². The van der Waals surface area contributed by atoms with Gasteiger partial charge in [0.1, 0.15) is 0 Å². The lowest BCUT2D eigenvalue weighted by molar-refractivity contribution is 0.508. The van der Waals surface area contributed by atoms with E-state index in [-0.39, 0.29) is 0 Å². The second-order valence-electron chi connectivity index (χ2n) is 2.92. The summed E-state index contributed by atoms with van der Waals surface area (Å²) in [6.07, 6.45) is 6.74. The monoisotopic (exact) mass is 205 g/mol. The minimum absolute atomic E-state index is 0.627. The second-order valence-corrected chi connectivity index (χ2v) is 4.45. The van der Waals surface area contributed by atoms with Gasteiger partial charge in [-0.2, -0.15) is 11.8 Å². The van der Waals surface area contributed by atoms with Crippen molar-refractivity contribution in [2.45, 2.75) is 18.9 Å². The maximum absolute atomic E-state index is 5.51. The summed E-state index contributed by atoms with van der Waals surface area (Å²) in [5.74, 6) is 3.26. The first-order valence-corrected chi connectivity index (χ1v) is 6.14. The third-order valence-electron chi connectivity index (χ3n) is 2.00. The minimum atomic E-state index is 0.627. The van der Waals surface area contributed by atoms with Gasteiger partial charge < -0.3 is 5.32 Å². The molecule has 1 aliphatic rings. The quantitative estimate of drug-likeness (QED) is 0.558. The van der Waals surface area contributed by atoms with Crippen LogP contribution in [0.1, 0.15) is 12.8 Å². The van der Waals surface area contributed by atoms with Crippen LogP contribution in [-0.4, -0.2) is 30.0 Å². The van der Waals surface area contributed by atoms with Crippen LogP contribution in [0.15, 0.2) is 12.2 Å². The van der Waals surface area contributed by atoms with E-state index in [4.69, 9.17) is 11.6 Å². The van der Waals surface area contributed by atoms with Crippen LogP contribution < -0.4 is 5.32 Å². The topological polar surface area (TPSA) is 12.0 Å². The van der Waals surface area contributed by atoms with Gasteiger partial charge in [-0.05, 0) is 24.3 Å². The van der Waals surface area contributed by atoms with Gasteiger partial charge in [-0.1, -0.05) is 12.2 Å². The molecule has 70 valence electrons. The number of hydrogen-bond donors (Lipinski definition) is 1. The molecule has 0 aromatic carbocycles. The molecule has 12 heavy (non-hydrogen) atoms. The molecule has 0 aromatic rings. The molecule has 1 saturated heterocycles. The normalized spacial score (nSPS) is 20.4. The summed E-state index contributed by atoms with van der Waals surface area (Å²) in [7, 11) is 0. The third-order valence-corrected chi connectivity index (χ3v) is 3.23. The molecule has 0 spiro atoms. The van der Waals surface area contributed by atoms with Gasteiger partial charge in [-0.25, -0.2) is 0 Å². The highest BCUT2D eigenvalue weighted by atomic mass is 35.5. The Morgan fingerprint density at radius 1 is 1.33 bits per heavy atom. The molecule has 1 heterocycles. The molecule has 1 aliphatic heterocycles. The Bertz CT molecular complexity index is 132. The van der Waals surface area contributed by atoms with E-state index >= 15 is 0 Å². The standard InChI is InChI=1S/C9H16ClNS/c10-5-1-2-6-11-9-3-7-12-8-4-9/h1-2,9,11H,3-8H2/b2-1+. The molecule has 0 amide bonds. The van der Waals surface area contributed by atoms with Crippen LogP contribution in [0.25, 0.3) is 0 Å². The Balaban J connectivity index is 2.01. The van der Waals surface area contributed by atoms with E-state index in [0.29, 0.717) is 5.88 Å². The van der Waals surface area contributed by atoms with Crippen molar-refractivity contribution in [1.82, 2.24) is 5.32 Å². The van der Waals surface area contributed by atoms with E-state index in [1.165, 1.54) is 24.3 Å². The van der Waals surface area contributed by atoms with E-state index in [2.05, 4.69) is 23.2 Å². The largest absolute Gasteiger partial charge is 0.310 e. The van der Waals surface area contributed by atoms with Crippen LogP contribution >= 0.6 is 23.4 Å². The number of allylic oxidation sites excluding steroid dienone is 1. The summed E-state index contributed by atoms with van der Waals surface area (Å²) in [5.41, 5.74) is 0. The van der Waals surface area contributed by atoms with Crippen LogP contribution in [0.3, 0.4) is 0 Å². The molecule has 3 heteroatoms. The van der Waals surface area contributed by atoms with E-state index in [1.807, 2.05) is 6.08 Å². The van der Waals surface area contributed by atoms with Gasteiger partial charge in [0.25, 0.3) is 0 Å². The molecule has 1 fully saturated rings. The molecule has 0 saturated carbocycles. The molecule has 0 unspecified atom stereocenters. The Kier molecular flexibility index (Phi) is 5.92. The zero-order valence-electron chi connectivity index (χ0n) is 7.26. The summed E-state index contributed by atoms with van der Waals surface area (Å²) in [4.78, 5) is 0. The lowest BCUT2D eigenvalue weighted by atomic mass is 10.1. The Morgan fingerprint density at radius 2 is 2.08 bits per heavy atom.